The lowest BCUT2D eigenvalue weighted by molar-refractivity contribution is -0.113. The van der Waals surface area contributed by atoms with Crippen molar-refractivity contribution in [3.05, 3.63) is 112 Å². The second kappa shape index (κ2) is 10.3. The SMILES string of the molecule is Cc1ccc(NC(=O)CSc2nc3cc(-c4ccccc4)[nH]c3c(=O)n2Cc2ccccc2)c(C)c1. The van der Waals surface area contributed by atoms with Crippen LogP contribution in [-0.4, -0.2) is 26.2 Å². The number of anilines is 1. The molecule has 180 valence electrons. The van der Waals surface area contributed by atoms with Crippen molar-refractivity contribution in [2.45, 2.75) is 25.5 Å². The molecule has 0 aliphatic carbocycles. The van der Waals surface area contributed by atoms with Crippen LogP contribution in [0, 0.1) is 13.8 Å². The molecular formula is C29H26N4O2S. The van der Waals surface area contributed by atoms with E-state index < -0.39 is 0 Å². The van der Waals surface area contributed by atoms with Gasteiger partial charge in [-0.1, -0.05) is 90.1 Å². The third-order valence-corrected chi connectivity index (χ3v) is 6.94. The van der Waals surface area contributed by atoms with Crippen LogP contribution in [0.3, 0.4) is 0 Å². The predicted octanol–water partition coefficient (Wildman–Crippen LogP) is 5.79. The molecule has 0 atom stereocenters. The molecule has 2 N–H and O–H groups in total. The normalized spacial score (nSPS) is 11.1. The van der Waals surface area contributed by atoms with E-state index in [-0.39, 0.29) is 17.2 Å². The monoisotopic (exact) mass is 494 g/mol. The van der Waals surface area contributed by atoms with Gasteiger partial charge in [-0.15, -0.1) is 0 Å². The molecule has 7 heteroatoms. The van der Waals surface area contributed by atoms with E-state index in [0.29, 0.717) is 22.7 Å². The van der Waals surface area contributed by atoms with Gasteiger partial charge in [-0.3, -0.25) is 14.2 Å². The van der Waals surface area contributed by atoms with Gasteiger partial charge in [0.05, 0.1) is 17.8 Å². The molecule has 0 saturated heterocycles. The minimum atomic E-state index is -0.164. The van der Waals surface area contributed by atoms with Crippen LogP contribution in [0.15, 0.2) is 94.9 Å². The maximum absolute atomic E-state index is 13.6. The topological polar surface area (TPSA) is 79.8 Å². The number of carbonyl (C=O) groups excluding carboxylic acids is 1. The van der Waals surface area contributed by atoms with Crippen LogP contribution in [0.2, 0.25) is 0 Å². The number of aryl methyl sites for hydroxylation is 2. The number of carbonyl (C=O) groups is 1. The Morgan fingerprint density at radius 2 is 1.69 bits per heavy atom. The molecule has 0 radical (unpaired) electrons. The number of nitrogens with zero attached hydrogens (tertiary/aromatic N) is 2. The van der Waals surface area contributed by atoms with Gasteiger partial charge in [0.25, 0.3) is 5.56 Å². The second-order valence-electron chi connectivity index (χ2n) is 8.74. The molecule has 0 fully saturated rings. The fraction of sp³-hybridized carbons (Fsp3) is 0.138. The first kappa shape index (κ1) is 23.6. The Kier molecular flexibility index (Phi) is 6.73. The molecule has 0 unspecified atom stereocenters. The van der Waals surface area contributed by atoms with Gasteiger partial charge in [-0.2, -0.15) is 0 Å². The van der Waals surface area contributed by atoms with Gasteiger partial charge in [-0.25, -0.2) is 4.98 Å². The quantitative estimate of drug-likeness (QED) is 0.222. The molecule has 0 aliphatic rings. The smallest absolute Gasteiger partial charge is 0.278 e. The van der Waals surface area contributed by atoms with Crippen molar-refractivity contribution < 1.29 is 4.79 Å². The molecule has 0 saturated carbocycles. The van der Waals surface area contributed by atoms with Crippen molar-refractivity contribution in [2.75, 3.05) is 11.1 Å². The van der Waals surface area contributed by atoms with Crippen LogP contribution in [0.5, 0.6) is 0 Å². The van der Waals surface area contributed by atoms with Crippen molar-refractivity contribution in [1.82, 2.24) is 14.5 Å². The number of amides is 1. The first-order valence-corrected chi connectivity index (χ1v) is 12.7. The lowest BCUT2D eigenvalue weighted by atomic mass is 10.1. The molecule has 5 aromatic rings. The first-order chi connectivity index (χ1) is 17.5. The fourth-order valence-electron chi connectivity index (χ4n) is 4.14. The number of hydrogen-bond acceptors (Lipinski definition) is 4. The minimum Gasteiger partial charge on any atom is -0.349 e. The van der Waals surface area contributed by atoms with Crippen molar-refractivity contribution in [3.63, 3.8) is 0 Å². The lowest BCUT2D eigenvalue weighted by Crippen LogP contribution is -2.25. The molecule has 2 heterocycles. The van der Waals surface area contributed by atoms with E-state index in [4.69, 9.17) is 4.98 Å². The molecule has 0 spiro atoms. The average Bonchev–Trinajstić information content (AvgIpc) is 3.32. The van der Waals surface area contributed by atoms with Gasteiger partial charge in [0, 0.05) is 11.4 Å². The van der Waals surface area contributed by atoms with Crippen molar-refractivity contribution in [3.8, 4) is 11.3 Å². The summed E-state index contributed by atoms with van der Waals surface area (Å²) in [5.74, 6) is -0.0117. The van der Waals surface area contributed by atoms with E-state index in [0.717, 1.165) is 33.6 Å². The molecule has 0 bridgehead atoms. The Bertz CT molecular complexity index is 1590. The maximum Gasteiger partial charge on any atom is 0.278 e. The number of hydrogen-bond donors (Lipinski definition) is 2. The Morgan fingerprint density at radius 3 is 2.42 bits per heavy atom. The molecule has 6 nitrogen and oxygen atoms in total. The average molecular weight is 495 g/mol. The largest absolute Gasteiger partial charge is 0.349 e. The van der Waals surface area contributed by atoms with Crippen LogP contribution in [0.1, 0.15) is 16.7 Å². The number of nitrogens with one attached hydrogen (secondary N) is 2. The summed E-state index contributed by atoms with van der Waals surface area (Å²) in [7, 11) is 0. The van der Waals surface area contributed by atoms with Crippen molar-refractivity contribution in [2.24, 2.45) is 0 Å². The van der Waals surface area contributed by atoms with Crippen LogP contribution in [-0.2, 0) is 11.3 Å². The Hall–Kier alpha value is -4.10. The van der Waals surface area contributed by atoms with Gasteiger partial charge >= 0.3 is 0 Å². The number of rotatable bonds is 7. The standard InChI is InChI=1S/C29H26N4O2S/c1-19-13-14-23(20(2)15-19)30-26(34)18-36-29-32-25-16-24(22-11-7-4-8-12-22)31-27(25)28(35)33(29)17-21-9-5-3-6-10-21/h3-16,31H,17-18H2,1-2H3,(H,30,34). The molecule has 1 amide bonds. The van der Waals surface area contributed by atoms with E-state index in [1.165, 1.54) is 11.8 Å². The van der Waals surface area contributed by atoms with Crippen LogP contribution in [0.25, 0.3) is 22.3 Å². The summed E-state index contributed by atoms with van der Waals surface area (Å²) in [4.78, 5) is 34.4. The summed E-state index contributed by atoms with van der Waals surface area (Å²) >= 11 is 1.26. The van der Waals surface area contributed by atoms with E-state index in [1.54, 1.807) is 4.57 Å². The molecule has 5 rings (SSSR count). The molecule has 2 aromatic heterocycles. The summed E-state index contributed by atoms with van der Waals surface area (Å²) in [6.07, 6.45) is 0. The first-order valence-electron chi connectivity index (χ1n) is 11.7. The highest BCUT2D eigenvalue weighted by Gasteiger charge is 2.17. The molecule has 0 aliphatic heterocycles. The van der Waals surface area contributed by atoms with Gasteiger partial charge in [0.15, 0.2) is 5.16 Å². The number of aromatic amines is 1. The minimum absolute atomic E-state index is 0.135. The van der Waals surface area contributed by atoms with E-state index in [9.17, 15) is 9.59 Å². The summed E-state index contributed by atoms with van der Waals surface area (Å²) in [6, 6.07) is 27.4. The number of aromatic nitrogens is 3. The van der Waals surface area contributed by atoms with Crippen LogP contribution in [0.4, 0.5) is 5.69 Å². The van der Waals surface area contributed by atoms with Gasteiger partial charge in [0.1, 0.15) is 5.52 Å². The van der Waals surface area contributed by atoms with Gasteiger partial charge in [0.2, 0.25) is 5.91 Å². The van der Waals surface area contributed by atoms with Gasteiger partial charge in [-0.05, 0) is 42.7 Å². The fourth-order valence-corrected chi connectivity index (χ4v) is 4.94. The number of thioether (sulfide) groups is 1. The Morgan fingerprint density at radius 1 is 0.972 bits per heavy atom. The number of H-pyrrole nitrogens is 1. The lowest BCUT2D eigenvalue weighted by Gasteiger charge is -2.13. The number of fused-ring (bicyclic) bond motifs is 1. The number of benzene rings is 3. The zero-order valence-corrected chi connectivity index (χ0v) is 20.9. The van der Waals surface area contributed by atoms with Crippen molar-refractivity contribution >= 4 is 34.4 Å². The summed E-state index contributed by atoms with van der Waals surface area (Å²) < 4.78 is 1.64. The van der Waals surface area contributed by atoms with Crippen LogP contribution >= 0.6 is 11.8 Å². The summed E-state index contributed by atoms with van der Waals surface area (Å²) in [5, 5.41) is 3.48. The predicted molar refractivity (Wildman–Crippen MR) is 147 cm³/mol. The molecular weight excluding hydrogens is 468 g/mol. The molecule has 36 heavy (non-hydrogen) atoms. The van der Waals surface area contributed by atoms with E-state index >= 15 is 0 Å². The van der Waals surface area contributed by atoms with Gasteiger partial charge < -0.3 is 10.3 Å². The zero-order valence-electron chi connectivity index (χ0n) is 20.1. The summed E-state index contributed by atoms with van der Waals surface area (Å²) in [6.45, 7) is 4.36. The third kappa shape index (κ3) is 5.11. The maximum atomic E-state index is 13.6. The Balaban J connectivity index is 1.47. The highest BCUT2D eigenvalue weighted by Crippen LogP contribution is 2.25. The molecule has 3 aromatic carbocycles. The second-order valence-corrected chi connectivity index (χ2v) is 9.68. The highest BCUT2D eigenvalue weighted by molar-refractivity contribution is 7.99. The zero-order chi connectivity index (χ0) is 25.1. The van der Waals surface area contributed by atoms with E-state index in [1.807, 2.05) is 98.8 Å². The van der Waals surface area contributed by atoms with Crippen molar-refractivity contribution in [1.29, 1.82) is 0 Å². The highest BCUT2D eigenvalue weighted by atomic mass is 32.2. The third-order valence-electron chi connectivity index (χ3n) is 5.96. The Labute approximate surface area is 213 Å². The summed E-state index contributed by atoms with van der Waals surface area (Å²) in [5.41, 5.74) is 6.60. The van der Waals surface area contributed by atoms with E-state index in [2.05, 4.69) is 10.3 Å². The van der Waals surface area contributed by atoms with Crippen LogP contribution < -0.4 is 10.9 Å².